The van der Waals surface area contributed by atoms with Crippen LogP contribution in [0.1, 0.15) is 20.8 Å². The number of hydrogen-bond donors (Lipinski definition) is 1. The van der Waals surface area contributed by atoms with Crippen LogP contribution in [0.25, 0.3) is 0 Å². The number of thiocarbonyl (C=S) groups is 1. The van der Waals surface area contributed by atoms with Gasteiger partial charge in [-0.05, 0) is 25.9 Å². The minimum atomic E-state index is 0.648. The van der Waals surface area contributed by atoms with Gasteiger partial charge in [0.25, 0.3) is 0 Å². The molecule has 0 radical (unpaired) electrons. The molecule has 3 heteroatoms. The highest BCUT2D eigenvalue weighted by Gasteiger charge is 1.93. The summed E-state index contributed by atoms with van der Waals surface area (Å²) in [6, 6.07) is 0. The van der Waals surface area contributed by atoms with Crippen LogP contribution in [0.4, 0.5) is 0 Å². The van der Waals surface area contributed by atoms with E-state index in [1.165, 1.54) is 0 Å². The zero-order valence-electron chi connectivity index (χ0n) is 8.68. The molecule has 13 heavy (non-hydrogen) atoms. The van der Waals surface area contributed by atoms with Crippen LogP contribution < -0.4 is 5.32 Å². The normalized spacial score (nSPS) is 9.23. The molecule has 0 bridgehead atoms. The van der Waals surface area contributed by atoms with Crippen molar-refractivity contribution in [3.05, 3.63) is 0 Å². The summed E-state index contributed by atoms with van der Waals surface area (Å²) >= 11 is 4.97. The molecule has 0 spiro atoms. The highest BCUT2D eigenvalue weighted by atomic mass is 32.1. The van der Waals surface area contributed by atoms with E-state index >= 15 is 0 Å². The third-order valence-corrected chi connectivity index (χ3v) is 1.98. The number of nitrogens with zero attached hydrogens (tertiary/aromatic N) is 1. The van der Waals surface area contributed by atoms with Crippen LogP contribution in [0, 0.1) is 11.8 Å². The van der Waals surface area contributed by atoms with Gasteiger partial charge in [0.15, 0.2) is 4.99 Å². The summed E-state index contributed by atoms with van der Waals surface area (Å²) in [6.45, 7) is 10.0. The third-order valence-electron chi connectivity index (χ3n) is 1.74. The zero-order valence-corrected chi connectivity index (χ0v) is 9.50. The smallest absolute Gasteiger partial charge is 0.150 e. The van der Waals surface area contributed by atoms with Gasteiger partial charge in [0.2, 0.25) is 0 Å². The Morgan fingerprint density at radius 2 is 1.92 bits per heavy atom. The lowest BCUT2D eigenvalue weighted by molar-refractivity contribution is 0.342. The molecular weight excluding hydrogens is 180 g/mol. The van der Waals surface area contributed by atoms with Crippen molar-refractivity contribution < 1.29 is 0 Å². The van der Waals surface area contributed by atoms with Gasteiger partial charge in [0.05, 0.1) is 6.54 Å². The molecule has 0 aliphatic heterocycles. The van der Waals surface area contributed by atoms with E-state index < -0.39 is 0 Å². The van der Waals surface area contributed by atoms with Gasteiger partial charge < -0.3 is 5.32 Å². The molecule has 0 aliphatic carbocycles. The first-order chi connectivity index (χ1) is 6.24. The summed E-state index contributed by atoms with van der Waals surface area (Å²) < 4.78 is 0. The molecule has 0 aromatic rings. The standard InChI is InChI=1S/C10H18N2S/c1-4-11-10(13)8-7-9-12(5-2)6-3/h4-6,9H2,1-3H3,(H,11,13). The molecule has 1 N–H and O–H groups in total. The topological polar surface area (TPSA) is 15.3 Å². The van der Waals surface area contributed by atoms with Crippen molar-refractivity contribution in [3.63, 3.8) is 0 Å². The Bertz CT molecular complexity index is 199. The van der Waals surface area contributed by atoms with Crippen LogP contribution in [0.5, 0.6) is 0 Å². The van der Waals surface area contributed by atoms with Crippen LogP contribution in [-0.4, -0.2) is 36.1 Å². The largest absolute Gasteiger partial charge is 0.370 e. The van der Waals surface area contributed by atoms with Crippen molar-refractivity contribution in [3.8, 4) is 11.8 Å². The van der Waals surface area contributed by atoms with E-state index in [0.29, 0.717) is 4.99 Å². The Morgan fingerprint density at radius 3 is 2.38 bits per heavy atom. The zero-order chi connectivity index (χ0) is 10.1. The second kappa shape index (κ2) is 8.03. The summed E-state index contributed by atoms with van der Waals surface area (Å²) in [4.78, 5) is 2.90. The van der Waals surface area contributed by atoms with E-state index in [1.54, 1.807) is 0 Å². The van der Waals surface area contributed by atoms with E-state index in [-0.39, 0.29) is 0 Å². The molecule has 74 valence electrons. The molecule has 0 aromatic heterocycles. The Morgan fingerprint density at radius 1 is 1.31 bits per heavy atom. The SMILES string of the molecule is CCNC(=S)C#CCN(CC)CC. The molecule has 0 aliphatic rings. The first-order valence-corrected chi connectivity index (χ1v) is 5.14. The number of nitrogens with one attached hydrogen (secondary N) is 1. The van der Waals surface area contributed by atoms with E-state index in [2.05, 4.69) is 35.9 Å². The predicted molar refractivity (Wildman–Crippen MR) is 61.8 cm³/mol. The fraction of sp³-hybridized carbons (Fsp3) is 0.700. The van der Waals surface area contributed by atoms with Gasteiger partial charge in [-0.25, -0.2) is 0 Å². The van der Waals surface area contributed by atoms with Crippen LogP contribution in [0.2, 0.25) is 0 Å². The quantitative estimate of drug-likeness (QED) is 0.541. The van der Waals surface area contributed by atoms with Crippen molar-refractivity contribution >= 4 is 17.2 Å². The third kappa shape index (κ3) is 6.56. The Labute approximate surface area is 86.7 Å². The van der Waals surface area contributed by atoms with Gasteiger partial charge in [0.1, 0.15) is 0 Å². The molecule has 0 saturated heterocycles. The van der Waals surface area contributed by atoms with Gasteiger partial charge in [-0.3, -0.25) is 4.90 Å². The highest BCUT2D eigenvalue weighted by Crippen LogP contribution is 1.83. The van der Waals surface area contributed by atoms with Crippen LogP contribution in [0.3, 0.4) is 0 Å². The average molecular weight is 198 g/mol. The summed E-state index contributed by atoms with van der Waals surface area (Å²) in [5, 5.41) is 2.99. The fourth-order valence-corrected chi connectivity index (χ4v) is 1.10. The Hall–Kier alpha value is -0.590. The summed E-state index contributed by atoms with van der Waals surface area (Å²) in [5.41, 5.74) is 0. The highest BCUT2D eigenvalue weighted by molar-refractivity contribution is 7.80. The summed E-state index contributed by atoms with van der Waals surface area (Å²) in [5.74, 6) is 5.96. The maximum Gasteiger partial charge on any atom is 0.150 e. The fourth-order valence-electron chi connectivity index (χ4n) is 0.884. The van der Waals surface area contributed by atoms with Gasteiger partial charge in [0, 0.05) is 6.54 Å². The van der Waals surface area contributed by atoms with Crippen LogP contribution >= 0.6 is 12.2 Å². The van der Waals surface area contributed by atoms with E-state index in [4.69, 9.17) is 12.2 Å². The maximum atomic E-state index is 4.97. The van der Waals surface area contributed by atoms with Crippen molar-refractivity contribution in [2.24, 2.45) is 0 Å². The van der Waals surface area contributed by atoms with Crippen molar-refractivity contribution in [2.45, 2.75) is 20.8 Å². The van der Waals surface area contributed by atoms with Gasteiger partial charge >= 0.3 is 0 Å². The molecule has 0 atom stereocenters. The molecule has 0 heterocycles. The van der Waals surface area contributed by atoms with Gasteiger partial charge in [-0.1, -0.05) is 32.0 Å². The Balaban J connectivity index is 3.76. The molecule has 0 aromatic carbocycles. The summed E-state index contributed by atoms with van der Waals surface area (Å²) in [7, 11) is 0. The van der Waals surface area contributed by atoms with Gasteiger partial charge in [-0.15, -0.1) is 0 Å². The van der Waals surface area contributed by atoms with Crippen LogP contribution in [-0.2, 0) is 0 Å². The second-order valence-corrected chi connectivity index (χ2v) is 3.03. The van der Waals surface area contributed by atoms with Crippen LogP contribution in [0.15, 0.2) is 0 Å². The molecular formula is C10H18N2S. The first kappa shape index (κ1) is 12.4. The minimum absolute atomic E-state index is 0.648. The minimum Gasteiger partial charge on any atom is -0.370 e. The lowest BCUT2D eigenvalue weighted by Crippen LogP contribution is -2.23. The predicted octanol–water partition coefficient (Wildman–Crippen LogP) is 1.27. The van der Waals surface area contributed by atoms with Gasteiger partial charge in [-0.2, -0.15) is 0 Å². The second-order valence-electron chi connectivity index (χ2n) is 2.62. The van der Waals surface area contributed by atoms with E-state index in [9.17, 15) is 0 Å². The van der Waals surface area contributed by atoms with E-state index in [1.807, 2.05) is 6.92 Å². The molecule has 0 amide bonds. The average Bonchev–Trinajstić information content (AvgIpc) is 2.13. The monoisotopic (exact) mass is 198 g/mol. The maximum absolute atomic E-state index is 4.97. The summed E-state index contributed by atoms with van der Waals surface area (Å²) in [6.07, 6.45) is 0. The molecule has 2 nitrogen and oxygen atoms in total. The molecule has 0 unspecified atom stereocenters. The van der Waals surface area contributed by atoms with Crippen molar-refractivity contribution in [1.82, 2.24) is 10.2 Å². The molecule has 0 saturated carbocycles. The Kier molecular flexibility index (Phi) is 7.66. The molecule has 0 fully saturated rings. The number of rotatable bonds is 4. The van der Waals surface area contributed by atoms with Crippen molar-refractivity contribution in [1.29, 1.82) is 0 Å². The van der Waals surface area contributed by atoms with E-state index in [0.717, 1.165) is 26.2 Å². The lowest BCUT2D eigenvalue weighted by Gasteiger charge is -2.13. The number of hydrogen-bond acceptors (Lipinski definition) is 2. The lowest BCUT2D eigenvalue weighted by atomic mass is 10.4. The van der Waals surface area contributed by atoms with Crippen molar-refractivity contribution in [2.75, 3.05) is 26.2 Å². The molecule has 0 rings (SSSR count). The first-order valence-electron chi connectivity index (χ1n) is 4.73.